The van der Waals surface area contributed by atoms with Gasteiger partial charge >= 0.3 is 0 Å². The van der Waals surface area contributed by atoms with E-state index in [-0.39, 0.29) is 5.91 Å². The van der Waals surface area contributed by atoms with Crippen LogP contribution in [0.15, 0.2) is 52.5 Å². The molecular formula is C16H15N3O2S. The number of amidine groups is 1. The summed E-state index contributed by atoms with van der Waals surface area (Å²) in [5.74, 6) is 0.601. The van der Waals surface area contributed by atoms with Crippen LogP contribution in [-0.2, 0) is 11.8 Å². The Morgan fingerprint density at radius 1 is 1.32 bits per heavy atom. The van der Waals surface area contributed by atoms with Crippen LogP contribution in [0.5, 0.6) is 5.75 Å². The van der Waals surface area contributed by atoms with Gasteiger partial charge in [-0.1, -0.05) is 6.07 Å². The minimum atomic E-state index is -0.132. The Bertz CT molecular complexity index is 777. The molecule has 1 fully saturated rings. The molecule has 0 saturated carbocycles. The van der Waals surface area contributed by atoms with E-state index in [1.165, 1.54) is 11.8 Å². The maximum Gasteiger partial charge on any atom is 0.264 e. The van der Waals surface area contributed by atoms with Gasteiger partial charge in [-0.15, -0.1) is 0 Å². The number of aromatic nitrogens is 1. The summed E-state index contributed by atoms with van der Waals surface area (Å²) in [5, 5.41) is 3.35. The first-order valence-corrected chi connectivity index (χ1v) is 7.52. The molecule has 0 spiro atoms. The topological polar surface area (TPSA) is 55.6 Å². The third-order valence-corrected chi connectivity index (χ3v) is 4.11. The summed E-state index contributed by atoms with van der Waals surface area (Å²) in [4.78, 5) is 17.1. The van der Waals surface area contributed by atoms with Gasteiger partial charge in [0.15, 0.2) is 5.17 Å². The molecule has 6 heteroatoms. The third kappa shape index (κ3) is 3.07. The summed E-state index contributed by atoms with van der Waals surface area (Å²) in [6.45, 7) is 0. The Labute approximate surface area is 132 Å². The van der Waals surface area contributed by atoms with Crippen molar-refractivity contribution in [3.8, 4) is 5.75 Å². The number of carbonyl (C=O) groups excluding carboxylic acids is 1. The van der Waals surface area contributed by atoms with Crippen molar-refractivity contribution < 1.29 is 9.53 Å². The van der Waals surface area contributed by atoms with Gasteiger partial charge in [0.25, 0.3) is 5.91 Å². The first kappa shape index (κ1) is 14.5. The van der Waals surface area contributed by atoms with E-state index in [4.69, 9.17) is 4.74 Å². The number of nitrogens with one attached hydrogen (secondary N) is 1. The molecule has 2 heterocycles. The zero-order valence-corrected chi connectivity index (χ0v) is 13.1. The maximum atomic E-state index is 12.0. The van der Waals surface area contributed by atoms with Gasteiger partial charge in [0.1, 0.15) is 5.75 Å². The van der Waals surface area contributed by atoms with Crippen LogP contribution in [-0.4, -0.2) is 22.8 Å². The van der Waals surface area contributed by atoms with Crippen molar-refractivity contribution in [2.75, 3.05) is 7.11 Å². The molecule has 1 saturated heterocycles. The van der Waals surface area contributed by atoms with Crippen LogP contribution >= 0.6 is 11.8 Å². The van der Waals surface area contributed by atoms with Gasteiger partial charge in [-0.05, 0) is 42.1 Å². The number of methoxy groups -OCH3 is 1. The molecule has 0 bridgehead atoms. The Kier molecular flexibility index (Phi) is 4.02. The largest absolute Gasteiger partial charge is 0.497 e. The number of rotatable bonds is 3. The molecule has 1 aromatic carbocycles. The smallest absolute Gasteiger partial charge is 0.264 e. The van der Waals surface area contributed by atoms with Crippen LogP contribution in [0.25, 0.3) is 6.08 Å². The highest BCUT2D eigenvalue weighted by atomic mass is 32.2. The summed E-state index contributed by atoms with van der Waals surface area (Å²) in [6, 6.07) is 11.3. The van der Waals surface area contributed by atoms with Gasteiger partial charge < -0.3 is 14.6 Å². The third-order valence-electron chi connectivity index (χ3n) is 3.20. The number of carbonyl (C=O) groups is 1. The zero-order valence-electron chi connectivity index (χ0n) is 12.2. The lowest BCUT2D eigenvalue weighted by atomic mass is 10.3. The van der Waals surface area contributed by atoms with E-state index in [0.29, 0.717) is 10.1 Å². The summed E-state index contributed by atoms with van der Waals surface area (Å²) in [6.07, 6.45) is 3.79. The van der Waals surface area contributed by atoms with Crippen molar-refractivity contribution in [2.24, 2.45) is 12.0 Å². The highest BCUT2D eigenvalue weighted by Crippen LogP contribution is 2.28. The van der Waals surface area contributed by atoms with E-state index in [0.717, 1.165) is 17.1 Å². The zero-order chi connectivity index (χ0) is 15.5. The van der Waals surface area contributed by atoms with Crippen molar-refractivity contribution in [3.63, 3.8) is 0 Å². The average molecular weight is 313 g/mol. The number of amides is 1. The minimum Gasteiger partial charge on any atom is -0.497 e. The monoisotopic (exact) mass is 313 g/mol. The second-order valence-corrected chi connectivity index (χ2v) is 5.76. The van der Waals surface area contributed by atoms with Crippen LogP contribution in [0.3, 0.4) is 0 Å². The van der Waals surface area contributed by atoms with Crippen LogP contribution in [0.1, 0.15) is 5.69 Å². The van der Waals surface area contributed by atoms with Crippen molar-refractivity contribution in [2.45, 2.75) is 0 Å². The van der Waals surface area contributed by atoms with E-state index in [1.807, 2.05) is 60.3 Å². The number of aryl methyl sites for hydroxylation is 1. The molecule has 2 aromatic rings. The van der Waals surface area contributed by atoms with Gasteiger partial charge in [0.2, 0.25) is 0 Å². The fraction of sp³-hybridized carbons (Fsp3) is 0.125. The van der Waals surface area contributed by atoms with Crippen molar-refractivity contribution >= 4 is 34.6 Å². The molecule has 5 nitrogen and oxygen atoms in total. The molecule has 1 amide bonds. The predicted octanol–water partition coefficient (Wildman–Crippen LogP) is 2.93. The van der Waals surface area contributed by atoms with Gasteiger partial charge in [0.05, 0.1) is 17.7 Å². The molecule has 1 aliphatic heterocycles. The molecule has 1 N–H and O–H groups in total. The van der Waals surface area contributed by atoms with Crippen molar-refractivity contribution in [1.82, 2.24) is 9.88 Å². The average Bonchev–Trinajstić information content (AvgIpc) is 3.06. The highest BCUT2D eigenvalue weighted by molar-refractivity contribution is 8.18. The van der Waals surface area contributed by atoms with E-state index in [1.54, 1.807) is 7.11 Å². The Morgan fingerprint density at radius 2 is 2.18 bits per heavy atom. The molecule has 3 rings (SSSR count). The van der Waals surface area contributed by atoms with Gasteiger partial charge in [-0.3, -0.25) is 4.79 Å². The van der Waals surface area contributed by atoms with Crippen LogP contribution < -0.4 is 10.1 Å². The molecule has 1 aromatic heterocycles. The minimum absolute atomic E-state index is 0.132. The number of ether oxygens (including phenoxy) is 1. The number of aliphatic imine (C=N–C) groups is 1. The van der Waals surface area contributed by atoms with Gasteiger partial charge in [0, 0.05) is 25.0 Å². The second kappa shape index (κ2) is 6.11. The van der Waals surface area contributed by atoms with E-state index in [9.17, 15) is 4.79 Å². The summed E-state index contributed by atoms with van der Waals surface area (Å²) in [5.41, 5.74) is 1.71. The lowest BCUT2D eigenvalue weighted by Crippen LogP contribution is -2.19. The summed E-state index contributed by atoms with van der Waals surface area (Å²) in [7, 11) is 3.55. The van der Waals surface area contributed by atoms with Crippen molar-refractivity contribution in [3.05, 3.63) is 53.2 Å². The van der Waals surface area contributed by atoms with Gasteiger partial charge in [-0.2, -0.15) is 0 Å². The lowest BCUT2D eigenvalue weighted by Gasteiger charge is -2.00. The summed E-state index contributed by atoms with van der Waals surface area (Å²) >= 11 is 1.33. The fourth-order valence-electron chi connectivity index (χ4n) is 2.04. The lowest BCUT2D eigenvalue weighted by molar-refractivity contribution is -0.115. The number of thioether (sulfide) groups is 1. The SMILES string of the molecule is COc1cccc(N=C2NC(=O)/C(=C\c3cccn3C)S2)c1. The molecule has 1 aliphatic rings. The van der Waals surface area contributed by atoms with Crippen LogP contribution in [0.4, 0.5) is 5.69 Å². The Balaban J connectivity index is 1.83. The number of nitrogens with zero attached hydrogens (tertiary/aromatic N) is 2. The first-order valence-electron chi connectivity index (χ1n) is 6.71. The molecule has 0 aliphatic carbocycles. The predicted molar refractivity (Wildman–Crippen MR) is 89.2 cm³/mol. The highest BCUT2D eigenvalue weighted by Gasteiger charge is 2.24. The molecule has 0 atom stereocenters. The summed E-state index contributed by atoms with van der Waals surface area (Å²) < 4.78 is 7.12. The van der Waals surface area contributed by atoms with E-state index in [2.05, 4.69) is 10.3 Å². The van der Waals surface area contributed by atoms with Crippen LogP contribution in [0, 0.1) is 0 Å². The fourth-order valence-corrected chi connectivity index (χ4v) is 2.86. The van der Waals surface area contributed by atoms with Crippen LogP contribution in [0.2, 0.25) is 0 Å². The molecule has 0 unspecified atom stereocenters. The number of hydrogen-bond donors (Lipinski definition) is 1. The number of benzene rings is 1. The first-order chi connectivity index (χ1) is 10.7. The van der Waals surface area contributed by atoms with Gasteiger partial charge in [-0.25, -0.2) is 4.99 Å². The Hall–Kier alpha value is -2.47. The van der Waals surface area contributed by atoms with E-state index < -0.39 is 0 Å². The molecule has 22 heavy (non-hydrogen) atoms. The standard InChI is InChI=1S/C16H15N3O2S/c1-19-8-4-6-12(19)10-14-15(20)18-16(22-14)17-11-5-3-7-13(9-11)21-2/h3-10H,1-2H3,(H,17,18,20)/b14-10+. The maximum absolute atomic E-state index is 12.0. The van der Waals surface area contributed by atoms with E-state index >= 15 is 0 Å². The molecule has 112 valence electrons. The second-order valence-electron chi connectivity index (χ2n) is 4.73. The van der Waals surface area contributed by atoms with Crippen molar-refractivity contribution in [1.29, 1.82) is 0 Å². The normalized spacial score (nSPS) is 18.0. The molecule has 0 radical (unpaired) electrons. The Morgan fingerprint density at radius 3 is 2.91 bits per heavy atom. The molecular weight excluding hydrogens is 298 g/mol. The number of hydrogen-bond acceptors (Lipinski definition) is 4. The quantitative estimate of drug-likeness (QED) is 0.887.